The highest BCUT2D eigenvalue weighted by Gasteiger charge is 2.13. The van der Waals surface area contributed by atoms with Gasteiger partial charge in [-0.1, -0.05) is 0 Å². The highest BCUT2D eigenvalue weighted by Crippen LogP contribution is 2.14. The van der Waals surface area contributed by atoms with Crippen LogP contribution in [0.1, 0.15) is 13.3 Å². The lowest BCUT2D eigenvalue weighted by atomic mass is 10.3. The van der Waals surface area contributed by atoms with Gasteiger partial charge in [0.1, 0.15) is 0 Å². The Balaban J connectivity index is 3.55. The molecule has 0 bridgehead atoms. The number of aliphatic hydroxyl groups is 1. The SMILES string of the molecule is COC(=O)CCSC(CO)C(C)N. The molecule has 2 atom stereocenters. The van der Waals surface area contributed by atoms with Gasteiger partial charge in [-0.2, -0.15) is 11.8 Å². The van der Waals surface area contributed by atoms with Gasteiger partial charge in [0, 0.05) is 17.0 Å². The molecule has 0 heterocycles. The molecule has 0 aliphatic heterocycles. The summed E-state index contributed by atoms with van der Waals surface area (Å²) in [6.45, 7) is 1.88. The van der Waals surface area contributed by atoms with Crippen LogP contribution in [-0.4, -0.2) is 41.8 Å². The Morgan fingerprint density at radius 3 is 2.69 bits per heavy atom. The van der Waals surface area contributed by atoms with E-state index in [0.717, 1.165) is 0 Å². The van der Waals surface area contributed by atoms with E-state index in [9.17, 15) is 4.79 Å². The van der Waals surface area contributed by atoms with E-state index in [-0.39, 0.29) is 23.9 Å². The molecule has 0 aromatic carbocycles. The van der Waals surface area contributed by atoms with Crippen molar-refractivity contribution in [2.24, 2.45) is 5.73 Å². The molecule has 78 valence electrons. The zero-order chi connectivity index (χ0) is 10.3. The topological polar surface area (TPSA) is 72.5 Å². The highest BCUT2D eigenvalue weighted by atomic mass is 32.2. The fourth-order valence-electron chi connectivity index (χ4n) is 0.766. The molecular formula is C8H17NO3S. The third-order valence-corrected chi connectivity index (χ3v) is 3.08. The molecule has 0 saturated carbocycles. The maximum absolute atomic E-state index is 10.7. The molecule has 0 saturated heterocycles. The number of carbonyl (C=O) groups is 1. The Hall–Kier alpha value is -0.260. The number of aliphatic hydroxyl groups excluding tert-OH is 1. The molecule has 0 radical (unpaired) electrons. The Kier molecular flexibility index (Phi) is 7.03. The molecule has 0 aromatic rings. The van der Waals surface area contributed by atoms with Crippen molar-refractivity contribution in [1.29, 1.82) is 0 Å². The number of ether oxygens (including phenoxy) is 1. The number of carbonyl (C=O) groups excluding carboxylic acids is 1. The Morgan fingerprint density at radius 1 is 1.69 bits per heavy atom. The van der Waals surface area contributed by atoms with E-state index >= 15 is 0 Å². The molecule has 0 spiro atoms. The van der Waals surface area contributed by atoms with Gasteiger partial charge in [-0.25, -0.2) is 0 Å². The molecule has 0 fully saturated rings. The molecule has 5 heteroatoms. The molecule has 0 amide bonds. The maximum Gasteiger partial charge on any atom is 0.306 e. The van der Waals surface area contributed by atoms with E-state index in [1.165, 1.54) is 18.9 Å². The second-order valence-electron chi connectivity index (χ2n) is 2.78. The van der Waals surface area contributed by atoms with Crippen molar-refractivity contribution in [3.63, 3.8) is 0 Å². The van der Waals surface area contributed by atoms with Gasteiger partial charge in [0.25, 0.3) is 0 Å². The highest BCUT2D eigenvalue weighted by molar-refractivity contribution is 8.00. The van der Waals surface area contributed by atoms with E-state index in [4.69, 9.17) is 10.8 Å². The van der Waals surface area contributed by atoms with Crippen LogP contribution in [0, 0.1) is 0 Å². The largest absolute Gasteiger partial charge is 0.469 e. The van der Waals surface area contributed by atoms with Crippen LogP contribution >= 0.6 is 11.8 Å². The number of thioether (sulfide) groups is 1. The first-order valence-corrected chi connectivity index (χ1v) is 5.21. The fraction of sp³-hybridized carbons (Fsp3) is 0.875. The van der Waals surface area contributed by atoms with Crippen molar-refractivity contribution in [2.45, 2.75) is 24.6 Å². The fourth-order valence-corrected chi connectivity index (χ4v) is 1.76. The normalized spacial score (nSPS) is 15.1. The summed E-state index contributed by atoms with van der Waals surface area (Å²) in [7, 11) is 1.36. The monoisotopic (exact) mass is 207 g/mol. The summed E-state index contributed by atoms with van der Waals surface area (Å²) >= 11 is 1.50. The van der Waals surface area contributed by atoms with Crippen LogP contribution in [0.3, 0.4) is 0 Å². The van der Waals surface area contributed by atoms with Crippen LogP contribution in [0.5, 0.6) is 0 Å². The van der Waals surface area contributed by atoms with Crippen molar-refractivity contribution in [3.05, 3.63) is 0 Å². The van der Waals surface area contributed by atoms with Crippen molar-refractivity contribution >= 4 is 17.7 Å². The van der Waals surface area contributed by atoms with Crippen LogP contribution in [0.15, 0.2) is 0 Å². The van der Waals surface area contributed by atoms with Gasteiger partial charge in [-0.15, -0.1) is 0 Å². The third-order valence-electron chi connectivity index (χ3n) is 1.63. The first-order chi connectivity index (χ1) is 6.11. The Bertz CT molecular complexity index is 152. The van der Waals surface area contributed by atoms with Crippen LogP contribution < -0.4 is 5.73 Å². The second kappa shape index (κ2) is 7.17. The van der Waals surface area contributed by atoms with E-state index < -0.39 is 0 Å². The van der Waals surface area contributed by atoms with Crippen LogP contribution in [-0.2, 0) is 9.53 Å². The number of rotatable bonds is 6. The van der Waals surface area contributed by atoms with E-state index in [1.807, 2.05) is 6.92 Å². The molecule has 0 rings (SSSR count). The van der Waals surface area contributed by atoms with E-state index in [1.54, 1.807) is 0 Å². The molecule has 4 nitrogen and oxygen atoms in total. The number of methoxy groups -OCH3 is 1. The van der Waals surface area contributed by atoms with Gasteiger partial charge < -0.3 is 15.6 Å². The minimum atomic E-state index is -0.228. The summed E-state index contributed by atoms with van der Waals surface area (Å²) in [6, 6.07) is -0.0624. The zero-order valence-corrected chi connectivity index (χ0v) is 8.84. The van der Waals surface area contributed by atoms with Crippen LogP contribution in [0.25, 0.3) is 0 Å². The summed E-state index contributed by atoms with van der Waals surface area (Å²) in [5.74, 6) is 0.410. The van der Waals surface area contributed by atoms with Gasteiger partial charge in [0.05, 0.1) is 20.1 Å². The van der Waals surface area contributed by atoms with E-state index in [2.05, 4.69) is 4.74 Å². The summed E-state index contributed by atoms with van der Waals surface area (Å²) in [6.07, 6.45) is 0.365. The molecule has 0 aliphatic carbocycles. The first kappa shape index (κ1) is 12.7. The molecule has 2 unspecified atom stereocenters. The number of hydrogen-bond acceptors (Lipinski definition) is 5. The van der Waals surface area contributed by atoms with Crippen molar-refractivity contribution in [3.8, 4) is 0 Å². The average Bonchev–Trinajstić information content (AvgIpc) is 2.11. The lowest BCUT2D eigenvalue weighted by Gasteiger charge is -2.16. The Morgan fingerprint density at radius 2 is 2.31 bits per heavy atom. The Labute approximate surface area is 82.8 Å². The average molecular weight is 207 g/mol. The van der Waals surface area contributed by atoms with Crippen molar-refractivity contribution in [1.82, 2.24) is 0 Å². The second-order valence-corrected chi connectivity index (χ2v) is 4.12. The lowest BCUT2D eigenvalue weighted by molar-refractivity contribution is -0.140. The summed E-state index contributed by atoms with van der Waals surface area (Å²) < 4.78 is 4.48. The minimum absolute atomic E-state index is 0.00431. The predicted octanol–water partition coefficient (Wildman–Crippen LogP) is -0.00920. The number of esters is 1. The predicted molar refractivity (Wildman–Crippen MR) is 53.6 cm³/mol. The smallest absolute Gasteiger partial charge is 0.306 e. The van der Waals surface area contributed by atoms with Crippen LogP contribution in [0.2, 0.25) is 0 Å². The molecular weight excluding hydrogens is 190 g/mol. The van der Waals surface area contributed by atoms with Gasteiger partial charge in [-0.05, 0) is 6.92 Å². The van der Waals surface area contributed by atoms with E-state index in [0.29, 0.717) is 12.2 Å². The third kappa shape index (κ3) is 5.90. The molecule has 3 N–H and O–H groups in total. The maximum atomic E-state index is 10.7. The van der Waals surface area contributed by atoms with Gasteiger partial charge >= 0.3 is 5.97 Å². The van der Waals surface area contributed by atoms with Crippen LogP contribution in [0.4, 0.5) is 0 Å². The number of hydrogen-bond donors (Lipinski definition) is 2. The van der Waals surface area contributed by atoms with Gasteiger partial charge in [0.2, 0.25) is 0 Å². The lowest BCUT2D eigenvalue weighted by Crippen LogP contribution is -2.32. The van der Waals surface area contributed by atoms with Gasteiger partial charge in [-0.3, -0.25) is 4.79 Å². The quantitative estimate of drug-likeness (QED) is 0.599. The first-order valence-electron chi connectivity index (χ1n) is 4.16. The summed E-state index contributed by atoms with van der Waals surface area (Å²) in [5.41, 5.74) is 5.60. The summed E-state index contributed by atoms with van der Waals surface area (Å²) in [5, 5.41) is 8.91. The van der Waals surface area contributed by atoms with Gasteiger partial charge in [0.15, 0.2) is 0 Å². The van der Waals surface area contributed by atoms with Crippen molar-refractivity contribution < 1.29 is 14.6 Å². The standard InChI is InChI=1S/C8H17NO3S/c1-6(9)7(5-10)13-4-3-8(11)12-2/h6-7,10H,3-5,9H2,1-2H3. The molecule has 13 heavy (non-hydrogen) atoms. The minimum Gasteiger partial charge on any atom is -0.469 e. The summed E-state index contributed by atoms with van der Waals surface area (Å²) in [4.78, 5) is 10.7. The molecule has 0 aromatic heterocycles. The number of nitrogens with two attached hydrogens (primary N) is 1. The van der Waals surface area contributed by atoms with Crippen molar-refractivity contribution in [2.75, 3.05) is 19.5 Å². The zero-order valence-electron chi connectivity index (χ0n) is 8.03. The molecule has 0 aliphatic rings.